The summed E-state index contributed by atoms with van der Waals surface area (Å²) in [5.41, 5.74) is 7.08. The number of nitrogens with two attached hydrogens (primary N) is 1. The van der Waals surface area contributed by atoms with E-state index in [0.29, 0.717) is 11.4 Å². The summed E-state index contributed by atoms with van der Waals surface area (Å²) in [5, 5.41) is 3.06. The standard InChI is InChI=1S/C15H25N3O.HI/c1-15(2,3)9-6-10-17-14(16)18-12-7-5-8-13(11-12)19-4;/h5,7-8,11H,6,9-10H2,1-4H3,(H3,16,17,18);1H. The minimum atomic E-state index is 0. The summed E-state index contributed by atoms with van der Waals surface area (Å²) in [6, 6.07) is 7.62. The number of anilines is 1. The van der Waals surface area contributed by atoms with Crippen molar-refractivity contribution >= 4 is 35.6 Å². The maximum Gasteiger partial charge on any atom is 0.193 e. The Bertz CT molecular complexity index is 427. The zero-order valence-electron chi connectivity index (χ0n) is 12.8. The molecular formula is C15H26IN3O. The number of rotatable bonds is 5. The fourth-order valence-electron chi connectivity index (χ4n) is 1.70. The normalized spacial score (nSPS) is 11.7. The number of benzene rings is 1. The van der Waals surface area contributed by atoms with Gasteiger partial charge in [0.05, 0.1) is 7.11 Å². The van der Waals surface area contributed by atoms with Gasteiger partial charge in [-0.25, -0.2) is 0 Å². The fourth-order valence-corrected chi connectivity index (χ4v) is 1.70. The van der Waals surface area contributed by atoms with Crippen LogP contribution in [-0.4, -0.2) is 19.6 Å². The van der Waals surface area contributed by atoms with Crippen LogP contribution >= 0.6 is 24.0 Å². The number of methoxy groups -OCH3 is 1. The first-order chi connectivity index (χ1) is 8.90. The van der Waals surface area contributed by atoms with Crippen molar-refractivity contribution in [2.45, 2.75) is 33.6 Å². The molecule has 0 heterocycles. The largest absolute Gasteiger partial charge is 0.497 e. The molecule has 0 bridgehead atoms. The number of hydrogen-bond acceptors (Lipinski definition) is 2. The van der Waals surface area contributed by atoms with E-state index in [1.807, 2.05) is 24.3 Å². The third-order valence-electron chi connectivity index (χ3n) is 2.71. The molecule has 0 fully saturated rings. The van der Waals surface area contributed by atoms with Gasteiger partial charge in [-0.05, 0) is 30.4 Å². The molecule has 0 aliphatic heterocycles. The highest BCUT2D eigenvalue weighted by Gasteiger charge is 2.08. The van der Waals surface area contributed by atoms with Crippen molar-refractivity contribution in [3.63, 3.8) is 0 Å². The van der Waals surface area contributed by atoms with E-state index < -0.39 is 0 Å². The molecule has 1 aromatic carbocycles. The molecule has 1 rings (SSSR count). The molecule has 0 aliphatic carbocycles. The first kappa shape index (κ1) is 19.0. The van der Waals surface area contributed by atoms with Crippen LogP contribution in [0.1, 0.15) is 33.6 Å². The molecule has 1 aromatic rings. The molecule has 0 saturated heterocycles. The van der Waals surface area contributed by atoms with Gasteiger partial charge in [-0.2, -0.15) is 0 Å². The molecule has 114 valence electrons. The number of hydrogen-bond donors (Lipinski definition) is 2. The lowest BCUT2D eigenvalue weighted by Crippen LogP contribution is -2.23. The van der Waals surface area contributed by atoms with Crippen LogP contribution in [0.4, 0.5) is 5.69 Å². The second kappa shape index (κ2) is 9.05. The Balaban J connectivity index is 0.00000361. The van der Waals surface area contributed by atoms with E-state index in [0.717, 1.165) is 30.8 Å². The monoisotopic (exact) mass is 391 g/mol. The van der Waals surface area contributed by atoms with E-state index in [1.165, 1.54) is 0 Å². The van der Waals surface area contributed by atoms with Gasteiger partial charge in [0.25, 0.3) is 0 Å². The van der Waals surface area contributed by atoms with Crippen LogP contribution in [0.2, 0.25) is 0 Å². The Morgan fingerprint density at radius 2 is 2.05 bits per heavy atom. The number of nitrogens with zero attached hydrogens (tertiary/aromatic N) is 1. The van der Waals surface area contributed by atoms with Gasteiger partial charge >= 0.3 is 0 Å². The Morgan fingerprint density at radius 1 is 1.35 bits per heavy atom. The van der Waals surface area contributed by atoms with Crippen molar-refractivity contribution < 1.29 is 4.74 Å². The number of aliphatic imine (C=N–C) groups is 1. The highest BCUT2D eigenvalue weighted by Crippen LogP contribution is 2.20. The molecule has 0 radical (unpaired) electrons. The maximum absolute atomic E-state index is 5.85. The average Bonchev–Trinajstić information content (AvgIpc) is 2.34. The molecule has 20 heavy (non-hydrogen) atoms. The molecule has 0 aliphatic rings. The third-order valence-corrected chi connectivity index (χ3v) is 2.71. The Hall–Kier alpha value is -0.980. The van der Waals surface area contributed by atoms with Crippen molar-refractivity contribution in [2.75, 3.05) is 19.0 Å². The molecule has 0 saturated carbocycles. The summed E-state index contributed by atoms with van der Waals surface area (Å²) >= 11 is 0. The van der Waals surface area contributed by atoms with Gasteiger partial charge in [-0.1, -0.05) is 26.8 Å². The molecular weight excluding hydrogens is 365 g/mol. The van der Waals surface area contributed by atoms with Gasteiger partial charge in [-0.3, -0.25) is 4.99 Å². The van der Waals surface area contributed by atoms with Crippen molar-refractivity contribution in [3.05, 3.63) is 24.3 Å². The fraction of sp³-hybridized carbons (Fsp3) is 0.533. The smallest absolute Gasteiger partial charge is 0.193 e. The van der Waals surface area contributed by atoms with Gasteiger partial charge < -0.3 is 15.8 Å². The Morgan fingerprint density at radius 3 is 2.65 bits per heavy atom. The number of nitrogens with one attached hydrogen (secondary N) is 1. The lowest BCUT2D eigenvalue weighted by atomic mass is 9.91. The summed E-state index contributed by atoms with van der Waals surface area (Å²) < 4.78 is 5.15. The number of ether oxygens (including phenoxy) is 1. The zero-order chi connectivity index (χ0) is 14.3. The molecule has 0 aromatic heterocycles. The average molecular weight is 391 g/mol. The first-order valence-electron chi connectivity index (χ1n) is 6.62. The van der Waals surface area contributed by atoms with Crippen LogP contribution in [0.25, 0.3) is 0 Å². The second-order valence-corrected chi connectivity index (χ2v) is 5.79. The topological polar surface area (TPSA) is 59.6 Å². The number of guanidine groups is 1. The van der Waals surface area contributed by atoms with Crippen molar-refractivity contribution in [3.8, 4) is 5.75 Å². The highest BCUT2D eigenvalue weighted by molar-refractivity contribution is 14.0. The molecule has 0 spiro atoms. The van der Waals surface area contributed by atoms with E-state index in [9.17, 15) is 0 Å². The molecule has 0 unspecified atom stereocenters. The van der Waals surface area contributed by atoms with Crippen LogP contribution in [0.15, 0.2) is 29.3 Å². The van der Waals surface area contributed by atoms with E-state index >= 15 is 0 Å². The van der Waals surface area contributed by atoms with E-state index in [-0.39, 0.29) is 24.0 Å². The quantitative estimate of drug-likeness (QED) is 0.347. The van der Waals surface area contributed by atoms with Crippen LogP contribution in [0.3, 0.4) is 0 Å². The molecule has 5 heteroatoms. The second-order valence-electron chi connectivity index (χ2n) is 5.79. The van der Waals surface area contributed by atoms with E-state index in [2.05, 4.69) is 31.1 Å². The van der Waals surface area contributed by atoms with Crippen LogP contribution in [0, 0.1) is 5.41 Å². The van der Waals surface area contributed by atoms with Gasteiger partial charge in [0.2, 0.25) is 0 Å². The summed E-state index contributed by atoms with van der Waals surface area (Å²) in [6.07, 6.45) is 2.19. The molecule has 0 atom stereocenters. The number of halogens is 1. The SMILES string of the molecule is COc1cccc(NC(N)=NCCCC(C)(C)C)c1.I. The van der Waals surface area contributed by atoms with E-state index in [1.54, 1.807) is 7.11 Å². The Labute approximate surface area is 139 Å². The minimum absolute atomic E-state index is 0. The predicted octanol–water partition coefficient (Wildman–Crippen LogP) is 3.87. The lowest BCUT2D eigenvalue weighted by molar-refractivity contribution is 0.368. The summed E-state index contributed by atoms with van der Waals surface area (Å²) in [6.45, 7) is 7.44. The molecule has 3 N–H and O–H groups in total. The zero-order valence-corrected chi connectivity index (χ0v) is 15.1. The van der Waals surface area contributed by atoms with Gasteiger partial charge in [0.15, 0.2) is 5.96 Å². The lowest BCUT2D eigenvalue weighted by Gasteiger charge is -2.16. The van der Waals surface area contributed by atoms with Crippen LogP contribution < -0.4 is 15.8 Å². The highest BCUT2D eigenvalue weighted by atomic mass is 127. The third kappa shape index (κ3) is 8.24. The van der Waals surface area contributed by atoms with Gasteiger partial charge in [0.1, 0.15) is 5.75 Å². The minimum Gasteiger partial charge on any atom is -0.497 e. The Kier molecular flexibility index (Phi) is 8.60. The van der Waals surface area contributed by atoms with Crippen molar-refractivity contribution in [1.29, 1.82) is 0 Å². The van der Waals surface area contributed by atoms with E-state index in [4.69, 9.17) is 10.5 Å². The molecule has 4 nitrogen and oxygen atoms in total. The summed E-state index contributed by atoms with van der Waals surface area (Å²) in [7, 11) is 1.64. The van der Waals surface area contributed by atoms with Crippen LogP contribution in [0.5, 0.6) is 5.75 Å². The van der Waals surface area contributed by atoms with Crippen LogP contribution in [-0.2, 0) is 0 Å². The summed E-state index contributed by atoms with van der Waals surface area (Å²) in [4.78, 5) is 4.32. The maximum atomic E-state index is 5.85. The van der Waals surface area contributed by atoms with Gasteiger partial charge in [-0.15, -0.1) is 24.0 Å². The summed E-state index contributed by atoms with van der Waals surface area (Å²) in [5.74, 6) is 1.24. The van der Waals surface area contributed by atoms with Crippen molar-refractivity contribution in [2.24, 2.45) is 16.1 Å². The molecule has 0 amide bonds. The van der Waals surface area contributed by atoms with Gasteiger partial charge in [0, 0.05) is 18.3 Å². The van der Waals surface area contributed by atoms with Crippen molar-refractivity contribution in [1.82, 2.24) is 0 Å². The predicted molar refractivity (Wildman–Crippen MR) is 97.2 cm³/mol. The first-order valence-corrected chi connectivity index (χ1v) is 6.62.